The van der Waals surface area contributed by atoms with Gasteiger partial charge in [0.15, 0.2) is 5.82 Å². The Morgan fingerprint density at radius 2 is 2.29 bits per heavy atom. The lowest BCUT2D eigenvalue weighted by atomic mass is 10.2. The van der Waals surface area contributed by atoms with Gasteiger partial charge in [0.2, 0.25) is 0 Å². The number of rotatable bonds is 7. The van der Waals surface area contributed by atoms with Gasteiger partial charge in [-0.1, -0.05) is 6.92 Å². The maximum absolute atomic E-state index is 11.7. The van der Waals surface area contributed by atoms with Crippen molar-refractivity contribution in [1.82, 2.24) is 15.5 Å². The van der Waals surface area contributed by atoms with Crippen LogP contribution in [0.3, 0.4) is 0 Å². The summed E-state index contributed by atoms with van der Waals surface area (Å²) in [7, 11) is 0. The van der Waals surface area contributed by atoms with Crippen LogP contribution in [0.5, 0.6) is 0 Å². The zero-order valence-corrected chi connectivity index (χ0v) is 10.4. The molecule has 0 unspecified atom stereocenters. The fraction of sp³-hybridized carbons (Fsp3) is 0.636. The van der Waals surface area contributed by atoms with Crippen LogP contribution >= 0.6 is 0 Å². The highest BCUT2D eigenvalue weighted by atomic mass is 16.5. The van der Waals surface area contributed by atoms with Gasteiger partial charge in [-0.05, 0) is 19.8 Å². The molecule has 0 bridgehead atoms. The second kappa shape index (κ2) is 6.90. The summed E-state index contributed by atoms with van der Waals surface area (Å²) in [5.74, 6) is 0.0477. The maximum Gasteiger partial charge on any atom is 0.256 e. The largest absolute Gasteiger partial charge is 0.382 e. The molecule has 1 rings (SSSR count). The predicted octanol–water partition coefficient (Wildman–Crippen LogP) is 0.847. The number of aromatic amines is 1. The minimum atomic E-state index is -0.191. The molecule has 0 aliphatic heterocycles. The Bertz CT molecular complexity index is 343. The third-order valence-electron chi connectivity index (χ3n) is 2.30. The number of hydrogen-bond donors (Lipinski definition) is 3. The number of H-pyrrole nitrogens is 1. The molecule has 1 aromatic rings. The molecule has 0 fully saturated rings. The molecule has 4 N–H and O–H groups in total. The second-order valence-corrected chi connectivity index (χ2v) is 3.83. The Balaban J connectivity index is 2.26. The Hall–Kier alpha value is -1.56. The first-order chi connectivity index (χ1) is 8.16. The topological polar surface area (TPSA) is 93.0 Å². The van der Waals surface area contributed by atoms with Crippen LogP contribution < -0.4 is 11.1 Å². The standard InChI is InChI=1S/C11H20N4O2/c1-3-6-17-7-4-5-13-11(16)9-8(2)14-15-10(9)12/h3-7H2,1-2H3,(H,13,16)(H3,12,14,15). The molecule has 0 atom stereocenters. The van der Waals surface area contributed by atoms with E-state index >= 15 is 0 Å². The van der Waals surface area contributed by atoms with Gasteiger partial charge in [-0.2, -0.15) is 5.10 Å². The summed E-state index contributed by atoms with van der Waals surface area (Å²) in [5, 5.41) is 9.23. The highest BCUT2D eigenvalue weighted by molar-refractivity contribution is 5.99. The van der Waals surface area contributed by atoms with E-state index in [4.69, 9.17) is 10.5 Å². The number of hydrogen-bond acceptors (Lipinski definition) is 4. The second-order valence-electron chi connectivity index (χ2n) is 3.83. The number of nitrogens with one attached hydrogen (secondary N) is 2. The number of carbonyl (C=O) groups excluding carboxylic acids is 1. The number of anilines is 1. The van der Waals surface area contributed by atoms with Crippen molar-refractivity contribution in [3.63, 3.8) is 0 Å². The fourth-order valence-corrected chi connectivity index (χ4v) is 1.45. The number of amides is 1. The maximum atomic E-state index is 11.7. The quantitative estimate of drug-likeness (QED) is 0.616. The van der Waals surface area contributed by atoms with Gasteiger partial charge < -0.3 is 15.8 Å². The van der Waals surface area contributed by atoms with E-state index in [0.29, 0.717) is 24.4 Å². The normalized spacial score (nSPS) is 10.5. The van der Waals surface area contributed by atoms with Crippen molar-refractivity contribution in [3.05, 3.63) is 11.3 Å². The first-order valence-corrected chi connectivity index (χ1v) is 5.83. The zero-order valence-electron chi connectivity index (χ0n) is 10.4. The Labute approximate surface area is 101 Å². The van der Waals surface area contributed by atoms with Crippen LogP contribution in [0.4, 0.5) is 5.82 Å². The van der Waals surface area contributed by atoms with E-state index in [0.717, 1.165) is 19.4 Å². The lowest BCUT2D eigenvalue weighted by molar-refractivity contribution is 0.0941. The molecular formula is C11H20N4O2. The van der Waals surface area contributed by atoms with E-state index in [1.54, 1.807) is 6.92 Å². The van der Waals surface area contributed by atoms with Crippen LogP contribution in [-0.2, 0) is 4.74 Å². The summed E-state index contributed by atoms with van der Waals surface area (Å²) in [4.78, 5) is 11.7. The number of nitrogen functional groups attached to an aromatic ring is 1. The summed E-state index contributed by atoms with van der Waals surface area (Å²) < 4.78 is 5.31. The van der Waals surface area contributed by atoms with E-state index < -0.39 is 0 Å². The molecule has 0 saturated carbocycles. The van der Waals surface area contributed by atoms with Gasteiger partial charge in [-0.25, -0.2) is 0 Å². The van der Waals surface area contributed by atoms with Gasteiger partial charge in [-0.15, -0.1) is 0 Å². The number of ether oxygens (including phenoxy) is 1. The van der Waals surface area contributed by atoms with Crippen LogP contribution in [-0.4, -0.2) is 35.9 Å². The van der Waals surface area contributed by atoms with Crippen molar-refractivity contribution in [3.8, 4) is 0 Å². The van der Waals surface area contributed by atoms with Crippen LogP contribution in [0.15, 0.2) is 0 Å². The average Bonchev–Trinajstić information content (AvgIpc) is 2.63. The van der Waals surface area contributed by atoms with E-state index in [-0.39, 0.29) is 11.7 Å². The molecule has 0 aromatic carbocycles. The molecule has 0 aliphatic carbocycles. The molecule has 1 amide bonds. The fourth-order valence-electron chi connectivity index (χ4n) is 1.45. The number of carbonyl (C=O) groups is 1. The third kappa shape index (κ3) is 4.07. The highest BCUT2D eigenvalue weighted by Crippen LogP contribution is 2.11. The van der Waals surface area contributed by atoms with E-state index in [2.05, 4.69) is 22.4 Å². The van der Waals surface area contributed by atoms with Gasteiger partial charge in [0.25, 0.3) is 5.91 Å². The first kappa shape index (κ1) is 13.5. The minimum Gasteiger partial charge on any atom is -0.382 e. The predicted molar refractivity (Wildman–Crippen MR) is 65.8 cm³/mol. The molecule has 0 radical (unpaired) electrons. The Morgan fingerprint density at radius 3 is 2.88 bits per heavy atom. The number of aryl methyl sites for hydroxylation is 1. The van der Waals surface area contributed by atoms with Crippen molar-refractivity contribution in [2.75, 3.05) is 25.5 Å². The lowest BCUT2D eigenvalue weighted by Crippen LogP contribution is -2.26. The van der Waals surface area contributed by atoms with Crippen LogP contribution in [0.25, 0.3) is 0 Å². The molecule has 0 spiro atoms. The van der Waals surface area contributed by atoms with Crippen molar-refractivity contribution in [2.24, 2.45) is 0 Å². The molecule has 0 aliphatic rings. The van der Waals surface area contributed by atoms with Gasteiger partial charge in [0.1, 0.15) is 5.56 Å². The van der Waals surface area contributed by atoms with E-state index in [1.807, 2.05) is 0 Å². The molecule has 17 heavy (non-hydrogen) atoms. The van der Waals surface area contributed by atoms with Crippen LogP contribution in [0.2, 0.25) is 0 Å². The lowest BCUT2D eigenvalue weighted by Gasteiger charge is -2.05. The van der Waals surface area contributed by atoms with E-state index in [9.17, 15) is 4.79 Å². The smallest absolute Gasteiger partial charge is 0.256 e. The van der Waals surface area contributed by atoms with Gasteiger partial charge in [0, 0.05) is 25.5 Å². The monoisotopic (exact) mass is 240 g/mol. The zero-order chi connectivity index (χ0) is 12.7. The molecule has 6 heteroatoms. The molecule has 1 aromatic heterocycles. The summed E-state index contributed by atoms with van der Waals surface area (Å²) in [6, 6.07) is 0. The summed E-state index contributed by atoms with van der Waals surface area (Å²) >= 11 is 0. The number of aromatic nitrogens is 2. The molecule has 96 valence electrons. The van der Waals surface area contributed by atoms with Crippen molar-refractivity contribution in [1.29, 1.82) is 0 Å². The Kier molecular flexibility index (Phi) is 5.48. The average molecular weight is 240 g/mol. The number of nitrogens with two attached hydrogens (primary N) is 1. The van der Waals surface area contributed by atoms with Crippen molar-refractivity contribution in [2.45, 2.75) is 26.7 Å². The SMILES string of the molecule is CCCOCCCNC(=O)c1c(N)n[nH]c1C. The van der Waals surface area contributed by atoms with Gasteiger partial charge in [-0.3, -0.25) is 9.89 Å². The third-order valence-corrected chi connectivity index (χ3v) is 2.30. The van der Waals surface area contributed by atoms with Crippen LogP contribution in [0.1, 0.15) is 35.8 Å². The minimum absolute atomic E-state index is 0.191. The molecule has 0 saturated heterocycles. The summed E-state index contributed by atoms with van der Waals surface area (Å²) in [6.07, 6.45) is 1.81. The molecular weight excluding hydrogens is 220 g/mol. The summed E-state index contributed by atoms with van der Waals surface area (Å²) in [5.41, 5.74) is 6.70. The van der Waals surface area contributed by atoms with Crippen LogP contribution in [0, 0.1) is 6.92 Å². The molecule has 1 heterocycles. The highest BCUT2D eigenvalue weighted by Gasteiger charge is 2.14. The molecule has 6 nitrogen and oxygen atoms in total. The van der Waals surface area contributed by atoms with Gasteiger partial charge >= 0.3 is 0 Å². The van der Waals surface area contributed by atoms with Crippen molar-refractivity contribution >= 4 is 11.7 Å². The van der Waals surface area contributed by atoms with Crippen molar-refractivity contribution < 1.29 is 9.53 Å². The summed E-state index contributed by atoms with van der Waals surface area (Å²) in [6.45, 7) is 5.83. The van der Waals surface area contributed by atoms with Gasteiger partial charge in [0.05, 0.1) is 0 Å². The van der Waals surface area contributed by atoms with E-state index in [1.165, 1.54) is 0 Å². The number of nitrogens with zero attached hydrogens (tertiary/aromatic N) is 1. The first-order valence-electron chi connectivity index (χ1n) is 5.83. The Morgan fingerprint density at radius 1 is 1.53 bits per heavy atom.